The Hall–Kier alpha value is 0.330. The lowest BCUT2D eigenvalue weighted by Crippen LogP contribution is -2.31. The Balaban J connectivity index is 1.84. The van der Waals surface area contributed by atoms with Gasteiger partial charge in [0.05, 0.1) is 18.8 Å². The molecule has 0 bridgehead atoms. The van der Waals surface area contributed by atoms with E-state index in [4.69, 9.17) is 24.2 Å². The summed E-state index contributed by atoms with van der Waals surface area (Å²) in [6.07, 6.45) is 2.66. The van der Waals surface area contributed by atoms with Gasteiger partial charge >= 0.3 is 23.5 Å². The van der Waals surface area contributed by atoms with E-state index in [-0.39, 0.29) is 12.2 Å². The summed E-state index contributed by atoms with van der Waals surface area (Å²) in [4.78, 5) is 35.5. The molecule has 4 N–H and O–H groups in total. The molecule has 0 aromatic heterocycles. The number of ether oxygens (including phenoxy) is 2. The second-order valence-electron chi connectivity index (χ2n) is 6.28. The Morgan fingerprint density at radius 1 is 1.00 bits per heavy atom. The Bertz CT molecular complexity index is 616. The van der Waals surface area contributed by atoms with Gasteiger partial charge in [-0.15, -0.1) is 0 Å². The minimum absolute atomic E-state index is 0.170. The number of phosphoric ester groups is 1. The van der Waals surface area contributed by atoms with E-state index >= 15 is 0 Å². The summed E-state index contributed by atoms with van der Waals surface area (Å²) in [5, 5.41) is 0. The summed E-state index contributed by atoms with van der Waals surface area (Å²) in [5.41, 5.74) is 0. The Kier molecular flexibility index (Phi) is 7.64. The predicted molar refractivity (Wildman–Crippen MR) is 85.8 cm³/mol. The van der Waals surface area contributed by atoms with Crippen LogP contribution < -0.4 is 0 Å². The van der Waals surface area contributed by atoms with E-state index in [0.717, 1.165) is 12.8 Å². The van der Waals surface area contributed by atoms with Gasteiger partial charge in [-0.3, -0.25) is 4.52 Å². The highest BCUT2D eigenvalue weighted by molar-refractivity contribution is 7.66. The molecule has 1 heterocycles. The molecule has 1 saturated heterocycles. The molecule has 0 amide bonds. The van der Waals surface area contributed by atoms with Crippen LogP contribution in [0.3, 0.4) is 0 Å². The van der Waals surface area contributed by atoms with Gasteiger partial charge in [-0.2, -0.15) is 8.62 Å². The highest BCUT2D eigenvalue weighted by atomic mass is 31.3. The summed E-state index contributed by atoms with van der Waals surface area (Å²) in [7, 11) is -16.1. The van der Waals surface area contributed by atoms with E-state index in [9.17, 15) is 18.6 Å². The maximum absolute atomic E-state index is 11.7. The van der Waals surface area contributed by atoms with Crippen LogP contribution in [-0.2, 0) is 36.3 Å². The molecule has 2 unspecified atom stereocenters. The van der Waals surface area contributed by atoms with Gasteiger partial charge in [-0.25, -0.2) is 13.7 Å². The van der Waals surface area contributed by atoms with Crippen molar-refractivity contribution in [1.29, 1.82) is 0 Å². The van der Waals surface area contributed by atoms with Crippen molar-refractivity contribution in [3.8, 4) is 0 Å². The molecule has 1 aliphatic heterocycles. The topological polar surface area (TPSA) is 178 Å². The van der Waals surface area contributed by atoms with Crippen molar-refractivity contribution >= 4 is 23.5 Å². The molecule has 0 aromatic carbocycles. The van der Waals surface area contributed by atoms with E-state index in [0.29, 0.717) is 18.9 Å². The van der Waals surface area contributed by atoms with Crippen molar-refractivity contribution in [2.75, 3.05) is 13.2 Å². The van der Waals surface area contributed by atoms with Gasteiger partial charge in [-0.1, -0.05) is 6.42 Å². The molecule has 5 atom stereocenters. The molecule has 2 aliphatic rings. The van der Waals surface area contributed by atoms with Crippen LogP contribution in [0, 0.1) is 5.92 Å². The molecule has 15 heteroatoms. The van der Waals surface area contributed by atoms with Crippen molar-refractivity contribution in [3.63, 3.8) is 0 Å². The third-order valence-electron chi connectivity index (χ3n) is 3.97. The zero-order valence-electron chi connectivity index (χ0n) is 13.9. The third-order valence-corrected chi connectivity index (χ3v) is 7.78. The SMILES string of the molecule is C[C@H]1C[C@H](OCC2CCC2)[C@@H](COP(=O)(O)OP(=O)(O)OP(=O)(O)O)O1. The number of hydrogen-bond donors (Lipinski definition) is 4. The van der Waals surface area contributed by atoms with Crippen molar-refractivity contribution < 1.29 is 55.9 Å². The fraction of sp³-hybridized carbons (Fsp3) is 1.00. The summed E-state index contributed by atoms with van der Waals surface area (Å²) in [6.45, 7) is 1.86. The van der Waals surface area contributed by atoms with E-state index < -0.39 is 36.2 Å². The first-order valence-corrected chi connectivity index (χ1v) is 12.4. The van der Waals surface area contributed by atoms with Crippen LogP contribution in [0.25, 0.3) is 0 Å². The molecule has 2 fully saturated rings. The van der Waals surface area contributed by atoms with Crippen molar-refractivity contribution in [3.05, 3.63) is 0 Å². The Morgan fingerprint density at radius 3 is 2.19 bits per heavy atom. The van der Waals surface area contributed by atoms with Crippen molar-refractivity contribution in [2.45, 2.75) is 50.9 Å². The maximum atomic E-state index is 11.7. The second kappa shape index (κ2) is 8.78. The molecule has 154 valence electrons. The van der Waals surface area contributed by atoms with Crippen LogP contribution in [0.4, 0.5) is 0 Å². The number of hydrogen-bond acceptors (Lipinski definition) is 8. The van der Waals surface area contributed by atoms with Crippen molar-refractivity contribution in [1.82, 2.24) is 0 Å². The summed E-state index contributed by atoms with van der Waals surface area (Å²) >= 11 is 0. The average Bonchev–Trinajstić information content (AvgIpc) is 2.71. The monoisotopic (exact) mass is 440 g/mol. The highest BCUT2D eigenvalue weighted by Gasteiger charge is 2.42. The zero-order valence-corrected chi connectivity index (χ0v) is 16.6. The Morgan fingerprint density at radius 2 is 1.65 bits per heavy atom. The van der Waals surface area contributed by atoms with Gasteiger partial charge in [0.25, 0.3) is 0 Å². The minimum Gasteiger partial charge on any atom is -0.375 e. The molecule has 1 aliphatic carbocycles. The molecular formula is C11H23O12P3. The van der Waals surface area contributed by atoms with Crippen LogP contribution in [0.1, 0.15) is 32.6 Å². The lowest BCUT2D eigenvalue weighted by Gasteiger charge is -2.28. The summed E-state index contributed by atoms with van der Waals surface area (Å²) in [6, 6.07) is 0. The zero-order chi connectivity index (χ0) is 19.6. The van der Waals surface area contributed by atoms with Gasteiger partial charge in [0.1, 0.15) is 6.10 Å². The molecule has 1 saturated carbocycles. The van der Waals surface area contributed by atoms with E-state index in [1.165, 1.54) is 6.42 Å². The molecule has 26 heavy (non-hydrogen) atoms. The van der Waals surface area contributed by atoms with Gasteiger partial charge in [-0.05, 0) is 25.7 Å². The molecule has 2 rings (SSSR count). The van der Waals surface area contributed by atoms with Crippen LogP contribution in [0.5, 0.6) is 0 Å². The van der Waals surface area contributed by atoms with Crippen LogP contribution in [0.15, 0.2) is 0 Å². The smallest absolute Gasteiger partial charge is 0.375 e. The highest BCUT2D eigenvalue weighted by Crippen LogP contribution is 2.66. The van der Waals surface area contributed by atoms with E-state index in [1.807, 2.05) is 0 Å². The molecule has 12 nitrogen and oxygen atoms in total. The second-order valence-corrected chi connectivity index (χ2v) is 10.7. The van der Waals surface area contributed by atoms with Crippen LogP contribution in [-0.4, -0.2) is 51.1 Å². The molecular weight excluding hydrogens is 417 g/mol. The van der Waals surface area contributed by atoms with Crippen LogP contribution >= 0.6 is 23.5 Å². The maximum Gasteiger partial charge on any atom is 0.490 e. The average molecular weight is 440 g/mol. The summed E-state index contributed by atoms with van der Waals surface area (Å²) in [5.74, 6) is 0.491. The fourth-order valence-electron chi connectivity index (χ4n) is 2.63. The predicted octanol–water partition coefficient (Wildman–Crippen LogP) is 1.69. The standard InChI is InChI=1S/C11H23O12P3/c1-8-5-10(19-6-9-3-2-4-9)11(21-8)7-20-25(15,16)23-26(17,18)22-24(12,13)14/h8-11H,2-7H2,1H3,(H,15,16)(H,17,18)(H2,12,13,14)/t8-,10-,11+/m0/s1. The van der Waals surface area contributed by atoms with Crippen LogP contribution in [0.2, 0.25) is 0 Å². The van der Waals surface area contributed by atoms with Gasteiger partial charge < -0.3 is 29.0 Å². The quantitative estimate of drug-likeness (QED) is 0.362. The van der Waals surface area contributed by atoms with Gasteiger partial charge in [0, 0.05) is 13.0 Å². The lowest BCUT2D eigenvalue weighted by molar-refractivity contribution is -0.0568. The van der Waals surface area contributed by atoms with Gasteiger partial charge in [0.15, 0.2) is 0 Å². The lowest BCUT2D eigenvalue weighted by atomic mass is 9.86. The third kappa shape index (κ3) is 7.75. The minimum atomic E-state index is -5.52. The first-order valence-electron chi connectivity index (χ1n) is 7.91. The normalized spacial score (nSPS) is 32.0. The largest absolute Gasteiger partial charge is 0.490 e. The summed E-state index contributed by atoms with van der Waals surface area (Å²) < 4.78 is 56.8. The molecule has 0 aromatic rings. The fourth-order valence-corrected chi connectivity index (χ4v) is 5.66. The molecule has 0 radical (unpaired) electrons. The van der Waals surface area contributed by atoms with E-state index in [2.05, 4.69) is 13.1 Å². The first kappa shape index (κ1) is 22.6. The van der Waals surface area contributed by atoms with Gasteiger partial charge in [0.2, 0.25) is 0 Å². The number of rotatable bonds is 10. The first-order chi connectivity index (χ1) is 11.9. The van der Waals surface area contributed by atoms with Crippen molar-refractivity contribution in [2.24, 2.45) is 5.92 Å². The Labute approximate surface area is 150 Å². The number of phosphoric acid groups is 3. The van der Waals surface area contributed by atoms with E-state index in [1.54, 1.807) is 6.92 Å². The molecule has 0 spiro atoms.